The maximum Gasteiger partial charge on any atom is 0.306 e. The van der Waals surface area contributed by atoms with E-state index in [0.717, 1.165) is 69.6 Å². The highest BCUT2D eigenvalue weighted by molar-refractivity contribution is 5.71. The molecular weight excluding hydrogens is 793 g/mol. The Bertz CT molecular complexity index is 980. The summed E-state index contributed by atoms with van der Waals surface area (Å²) in [6.45, 7) is 11.4. The zero-order chi connectivity index (χ0) is 46.8. The van der Waals surface area contributed by atoms with E-state index in [1.807, 2.05) is 0 Å². The largest absolute Gasteiger partial charge is 0.462 e. The number of unbranched alkanes of at least 4 members (excludes halogenated alkanes) is 36. The summed E-state index contributed by atoms with van der Waals surface area (Å²) in [5.41, 5.74) is 0. The van der Waals surface area contributed by atoms with Crippen molar-refractivity contribution >= 4 is 17.9 Å². The summed E-state index contributed by atoms with van der Waals surface area (Å²) in [5.74, 6) is 0.846. The second kappa shape index (κ2) is 50.8. The van der Waals surface area contributed by atoms with Crippen molar-refractivity contribution in [3.8, 4) is 0 Å². The first-order valence-corrected chi connectivity index (χ1v) is 28.8. The predicted molar refractivity (Wildman–Crippen MR) is 275 cm³/mol. The Balaban J connectivity index is 4.29. The molecule has 64 heavy (non-hydrogen) atoms. The standard InChI is InChI=1S/C58H112O6/c1-6-8-9-10-11-12-13-14-15-16-17-18-21-25-28-35-40-45-50-58(61)64-55(52-63-57(60)49-44-39-34-30-29-32-37-42-47-54(5)7-2)51-62-56(59)48-43-38-33-27-24-22-19-20-23-26-31-36-41-46-53(3)4/h53-55H,6-52H2,1-5H3/t54?,55-/m0/s1. The van der Waals surface area contributed by atoms with Crippen molar-refractivity contribution in [3.63, 3.8) is 0 Å². The number of carbonyl (C=O) groups excluding carboxylic acids is 3. The van der Waals surface area contributed by atoms with E-state index < -0.39 is 6.10 Å². The number of rotatable bonds is 52. The second-order valence-corrected chi connectivity index (χ2v) is 20.6. The van der Waals surface area contributed by atoms with Crippen molar-refractivity contribution in [3.05, 3.63) is 0 Å². The van der Waals surface area contributed by atoms with Crippen LogP contribution in [0.15, 0.2) is 0 Å². The minimum absolute atomic E-state index is 0.0632. The maximum absolute atomic E-state index is 12.8. The van der Waals surface area contributed by atoms with Crippen LogP contribution in [0.2, 0.25) is 0 Å². The van der Waals surface area contributed by atoms with Gasteiger partial charge in [-0.3, -0.25) is 14.4 Å². The van der Waals surface area contributed by atoms with Crippen LogP contribution in [0.25, 0.3) is 0 Å². The molecule has 0 bridgehead atoms. The quantitative estimate of drug-likeness (QED) is 0.0344. The molecule has 0 aromatic carbocycles. The molecule has 6 nitrogen and oxygen atoms in total. The molecule has 0 amide bonds. The average Bonchev–Trinajstić information content (AvgIpc) is 3.28. The lowest BCUT2D eigenvalue weighted by atomic mass is 9.99. The van der Waals surface area contributed by atoms with E-state index in [9.17, 15) is 14.4 Å². The first-order valence-electron chi connectivity index (χ1n) is 28.8. The first-order chi connectivity index (χ1) is 31.3. The molecule has 0 aromatic rings. The third-order valence-corrected chi connectivity index (χ3v) is 13.6. The van der Waals surface area contributed by atoms with Crippen LogP contribution in [0.4, 0.5) is 0 Å². The van der Waals surface area contributed by atoms with E-state index in [0.29, 0.717) is 19.3 Å². The van der Waals surface area contributed by atoms with Gasteiger partial charge >= 0.3 is 17.9 Å². The molecule has 0 aliphatic carbocycles. The smallest absolute Gasteiger partial charge is 0.306 e. The van der Waals surface area contributed by atoms with Crippen LogP contribution in [0, 0.1) is 11.8 Å². The molecule has 0 fully saturated rings. The number of carbonyl (C=O) groups is 3. The normalized spacial score (nSPS) is 12.5. The zero-order valence-electron chi connectivity index (χ0n) is 43.9. The van der Waals surface area contributed by atoms with Gasteiger partial charge in [0, 0.05) is 19.3 Å². The summed E-state index contributed by atoms with van der Waals surface area (Å²) < 4.78 is 16.9. The number of hydrogen-bond acceptors (Lipinski definition) is 6. The van der Waals surface area contributed by atoms with Crippen LogP contribution in [-0.4, -0.2) is 37.2 Å². The van der Waals surface area contributed by atoms with E-state index >= 15 is 0 Å². The number of ether oxygens (including phenoxy) is 3. The SMILES string of the molecule is CCCCCCCCCCCCCCCCCCCCC(=O)O[C@@H](COC(=O)CCCCCCCCCCCCCCCC(C)C)COC(=O)CCCCCCCCCCC(C)CC. The van der Waals surface area contributed by atoms with Crippen molar-refractivity contribution in [2.45, 2.75) is 330 Å². The van der Waals surface area contributed by atoms with Gasteiger partial charge in [0.05, 0.1) is 0 Å². The third kappa shape index (κ3) is 49.8. The molecule has 0 heterocycles. The van der Waals surface area contributed by atoms with Gasteiger partial charge < -0.3 is 14.2 Å². The maximum atomic E-state index is 12.8. The summed E-state index contributed by atoms with van der Waals surface area (Å²) in [7, 11) is 0. The van der Waals surface area contributed by atoms with Gasteiger partial charge in [0.15, 0.2) is 6.10 Å². The van der Waals surface area contributed by atoms with Crippen LogP contribution < -0.4 is 0 Å². The minimum Gasteiger partial charge on any atom is -0.462 e. The molecule has 1 unspecified atom stereocenters. The van der Waals surface area contributed by atoms with E-state index in [2.05, 4.69) is 34.6 Å². The van der Waals surface area contributed by atoms with Crippen LogP contribution >= 0.6 is 0 Å². The summed E-state index contributed by atoms with van der Waals surface area (Å²) in [5, 5.41) is 0. The molecule has 0 aromatic heterocycles. The van der Waals surface area contributed by atoms with Crippen molar-refractivity contribution in [1.29, 1.82) is 0 Å². The fourth-order valence-corrected chi connectivity index (χ4v) is 8.84. The van der Waals surface area contributed by atoms with Gasteiger partial charge in [-0.25, -0.2) is 0 Å². The summed E-state index contributed by atoms with van der Waals surface area (Å²) in [6.07, 6.45) is 53.7. The monoisotopic (exact) mass is 905 g/mol. The topological polar surface area (TPSA) is 78.9 Å². The Morgan fingerprint density at radius 3 is 0.891 bits per heavy atom. The molecule has 0 N–H and O–H groups in total. The van der Waals surface area contributed by atoms with Crippen LogP contribution in [0.5, 0.6) is 0 Å². The third-order valence-electron chi connectivity index (χ3n) is 13.6. The van der Waals surface area contributed by atoms with Gasteiger partial charge in [0.1, 0.15) is 13.2 Å². The van der Waals surface area contributed by atoms with Crippen molar-refractivity contribution in [1.82, 2.24) is 0 Å². The molecule has 380 valence electrons. The average molecular weight is 906 g/mol. The van der Waals surface area contributed by atoms with Gasteiger partial charge in [-0.2, -0.15) is 0 Å². The van der Waals surface area contributed by atoms with Gasteiger partial charge in [-0.05, 0) is 31.1 Å². The Morgan fingerprint density at radius 1 is 0.328 bits per heavy atom. The number of hydrogen-bond donors (Lipinski definition) is 0. The van der Waals surface area contributed by atoms with E-state index in [-0.39, 0.29) is 31.1 Å². The molecule has 6 heteroatoms. The first kappa shape index (κ1) is 62.4. The molecule has 0 aliphatic rings. The Hall–Kier alpha value is -1.59. The molecule has 0 saturated heterocycles. The molecule has 0 spiro atoms. The highest BCUT2D eigenvalue weighted by Crippen LogP contribution is 2.18. The highest BCUT2D eigenvalue weighted by Gasteiger charge is 2.19. The van der Waals surface area contributed by atoms with Gasteiger partial charge in [-0.15, -0.1) is 0 Å². The van der Waals surface area contributed by atoms with Crippen LogP contribution in [0.1, 0.15) is 324 Å². The second-order valence-electron chi connectivity index (χ2n) is 20.6. The predicted octanol–water partition coefficient (Wildman–Crippen LogP) is 18.9. The molecule has 2 atom stereocenters. The fraction of sp³-hybridized carbons (Fsp3) is 0.948. The summed E-state index contributed by atoms with van der Waals surface area (Å²) in [6, 6.07) is 0. The Morgan fingerprint density at radius 2 is 0.594 bits per heavy atom. The molecular formula is C58H112O6. The highest BCUT2D eigenvalue weighted by atomic mass is 16.6. The summed E-state index contributed by atoms with van der Waals surface area (Å²) >= 11 is 0. The van der Waals surface area contributed by atoms with Crippen molar-refractivity contribution < 1.29 is 28.6 Å². The molecule has 0 radical (unpaired) electrons. The van der Waals surface area contributed by atoms with E-state index in [1.165, 1.54) is 212 Å². The molecule has 0 saturated carbocycles. The van der Waals surface area contributed by atoms with E-state index in [4.69, 9.17) is 14.2 Å². The fourth-order valence-electron chi connectivity index (χ4n) is 8.84. The van der Waals surface area contributed by atoms with Crippen molar-refractivity contribution in [2.75, 3.05) is 13.2 Å². The van der Waals surface area contributed by atoms with Gasteiger partial charge in [0.2, 0.25) is 0 Å². The summed E-state index contributed by atoms with van der Waals surface area (Å²) in [4.78, 5) is 38.1. The Kier molecular flexibility index (Phi) is 49.6. The van der Waals surface area contributed by atoms with Crippen LogP contribution in [0.3, 0.4) is 0 Å². The van der Waals surface area contributed by atoms with E-state index in [1.54, 1.807) is 0 Å². The van der Waals surface area contributed by atoms with Gasteiger partial charge in [-0.1, -0.05) is 285 Å². The lowest BCUT2D eigenvalue weighted by Gasteiger charge is -2.18. The van der Waals surface area contributed by atoms with Crippen LogP contribution in [-0.2, 0) is 28.6 Å². The Labute approximate surface area is 399 Å². The number of esters is 3. The van der Waals surface area contributed by atoms with Crippen molar-refractivity contribution in [2.24, 2.45) is 11.8 Å². The van der Waals surface area contributed by atoms with Gasteiger partial charge in [0.25, 0.3) is 0 Å². The minimum atomic E-state index is -0.763. The zero-order valence-corrected chi connectivity index (χ0v) is 43.9. The molecule has 0 rings (SSSR count). The molecule has 0 aliphatic heterocycles. The lowest BCUT2D eigenvalue weighted by molar-refractivity contribution is -0.167. The lowest BCUT2D eigenvalue weighted by Crippen LogP contribution is -2.30.